The maximum atomic E-state index is 6.19. The van der Waals surface area contributed by atoms with Crippen LogP contribution >= 0.6 is 0 Å². The molecular formula is C19H25N3O2. The molecule has 0 N–H and O–H groups in total. The van der Waals surface area contributed by atoms with Gasteiger partial charge in [-0.15, -0.1) is 0 Å². The highest BCUT2D eigenvalue weighted by molar-refractivity contribution is 5.13. The van der Waals surface area contributed by atoms with E-state index in [0.29, 0.717) is 13.2 Å². The molecule has 2 saturated heterocycles. The van der Waals surface area contributed by atoms with E-state index >= 15 is 0 Å². The second-order valence-corrected chi connectivity index (χ2v) is 7.07. The van der Waals surface area contributed by atoms with Crippen molar-refractivity contribution >= 4 is 0 Å². The Hall–Kier alpha value is -1.69. The zero-order chi connectivity index (χ0) is 16.4. The van der Waals surface area contributed by atoms with E-state index in [-0.39, 0.29) is 11.7 Å². The summed E-state index contributed by atoms with van der Waals surface area (Å²) in [6, 6.07) is 10.4. The van der Waals surface area contributed by atoms with Crippen LogP contribution in [0, 0.1) is 0 Å². The highest BCUT2D eigenvalue weighted by Crippen LogP contribution is 2.36. The summed E-state index contributed by atoms with van der Waals surface area (Å²) in [6.07, 6.45) is 6.12. The first kappa shape index (κ1) is 15.8. The number of hydrogen-bond acceptors (Lipinski definition) is 4. The molecule has 2 fully saturated rings. The Labute approximate surface area is 143 Å². The maximum absolute atomic E-state index is 6.19. The van der Waals surface area contributed by atoms with Gasteiger partial charge in [-0.05, 0) is 12.0 Å². The van der Waals surface area contributed by atoms with E-state index in [1.54, 1.807) is 0 Å². The minimum Gasteiger partial charge on any atom is -0.371 e. The molecule has 2 aromatic rings. The third-order valence-electron chi connectivity index (χ3n) is 5.20. The zero-order valence-corrected chi connectivity index (χ0v) is 14.2. The molecule has 0 saturated carbocycles. The summed E-state index contributed by atoms with van der Waals surface area (Å²) < 4.78 is 14.4. The van der Waals surface area contributed by atoms with Gasteiger partial charge in [0.2, 0.25) is 0 Å². The third-order valence-corrected chi connectivity index (χ3v) is 5.20. The first-order valence-corrected chi connectivity index (χ1v) is 8.69. The molecule has 0 amide bonds. The Morgan fingerprint density at radius 3 is 3.00 bits per heavy atom. The molecule has 5 heteroatoms. The summed E-state index contributed by atoms with van der Waals surface area (Å²) in [5.74, 6) is 0. The van der Waals surface area contributed by atoms with Gasteiger partial charge in [-0.25, -0.2) is 4.98 Å². The fourth-order valence-electron chi connectivity index (χ4n) is 3.81. The molecule has 2 aliphatic heterocycles. The monoisotopic (exact) mass is 327 g/mol. The lowest BCUT2D eigenvalue weighted by atomic mass is 9.98. The van der Waals surface area contributed by atoms with Crippen molar-refractivity contribution in [3.8, 4) is 0 Å². The molecule has 1 aromatic carbocycles. The normalized spacial score (nSPS) is 27.3. The average molecular weight is 327 g/mol. The molecule has 0 aliphatic carbocycles. The van der Waals surface area contributed by atoms with Crippen LogP contribution in [0.15, 0.2) is 42.9 Å². The van der Waals surface area contributed by atoms with E-state index in [0.717, 1.165) is 32.5 Å². The first-order chi connectivity index (χ1) is 11.7. The Morgan fingerprint density at radius 1 is 1.33 bits per heavy atom. The van der Waals surface area contributed by atoms with Crippen molar-refractivity contribution in [3.05, 3.63) is 54.1 Å². The van der Waals surface area contributed by atoms with Gasteiger partial charge in [0.25, 0.3) is 0 Å². The molecule has 128 valence electrons. The van der Waals surface area contributed by atoms with Crippen LogP contribution in [0.4, 0.5) is 0 Å². The summed E-state index contributed by atoms with van der Waals surface area (Å²) in [6.45, 7) is 4.40. The van der Waals surface area contributed by atoms with E-state index in [9.17, 15) is 0 Å². The lowest BCUT2D eigenvalue weighted by Crippen LogP contribution is -2.33. The van der Waals surface area contributed by atoms with Crippen LogP contribution in [0.2, 0.25) is 0 Å². The predicted octanol–water partition coefficient (Wildman–Crippen LogP) is 2.37. The predicted molar refractivity (Wildman–Crippen MR) is 91.4 cm³/mol. The van der Waals surface area contributed by atoms with E-state index in [1.807, 2.05) is 25.6 Å². The van der Waals surface area contributed by atoms with E-state index in [1.165, 1.54) is 11.3 Å². The van der Waals surface area contributed by atoms with Crippen LogP contribution in [0.5, 0.6) is 0 Å². The van der Waals surface area contributed by atoms with Gasteiger partial charge in [-0.3, -0.25) is 4.90 Å². The van der Waals surface area contributed by atoms with Crippen molar-refractivity contribution in [3.63, 3.8) is 0 Å². The van der Waals surface area contributed by atoms with Crippen molar-refractivity contribution in [2.45, 2.75) is 37.7 Å². The number of hydrogen-bond donors (Lipinski definition) is 0. The molecule has 3 heterocycles. The molecule has 4 rings (SSSR count). The SMILES string of the molecule is Cn1cncc1CN1CCC2(CC(OCc3ccccc3)CO2)C1. The summed E-state index contributed by atoms with van der Waals surface area (Å²) in [4.78, 5) is 6.67. The first-order valence-electron chi connectivity index (χ1n) is 8.69. The number of aromatic nitrogens is 2. The summed E-state index contributed by atoms with van der Waals surface area (Å²) in [5, 5.41) is 0. The van der Waals surface area contributed by atoms with Crippen LogP contribution in [0.25, 0.3) is 0 Å². The second-order valence-electron chi connectivity index (χ2n) is 7.07. The van der Waals surface area contributed by atoms with Crippen LogP contribution in [-0.2, 0) is 29.7 Å². The topological polar surface area (TPSA) is 39.5 Å². The lowest BCUT2D eigenvalue weighted by molar-refractivity contribution is -0.000505. The van der Waals surface area contributed by atoms with Gasteiger partial charge in [-0.2, -0.15) is 0 Å². The van der Waals surface area contributed by atoms with Crippen LogP contribution < -0.4 is 0 Å². The lowest BCUT2D eigenvalue weighted by Gasteiger charge is -2.23. The summed E-state index contributed by atoms with van der Waals surface area (Å²) >= 11 is 0. The number of likely N-dealkylation sites (tertiary alicyclic amines) is 1. The van der Waals surface area contributed by atoms with Crippen LogP contribution in [0.3, 0.4) is 0 Å². The number of ether oxygens (including phenoxy) is 2. The number of imidazole rings is 1. The van der Waals surface area contributed by atoms with E-state index < -0.39 is 0 Å². The molecule has 2 atom stereocenters. The van der Waals surface area contributed by atoms with Crippen molar-refractivity contribution in [1.29, 1.82) is 0 Å². The van der Waals surface area contributed by atoms with Crippen molar-refractivity contribution in [2.75, 3.05) is 19.7 Å². The fraction of sp³-hybridized carbons (Fsp3) is 0.526. The number of rotatable bonds is 5. The Kier molecular flexibility index (Phi) is 4.39. The zero-order valence-electron chi connectivity index (χ0n) is 14.2. The number of aryl methyl sites for hydroxylation is 1. The second kappa shape index (κ2) is 6.67. The highest BCUT2D eigenvalue weighted by atomic mass is 16.6. The van der Waals surface area contributed by atoms with Gasteiger partial charge in [0.05, 0.1) is 36.9 Å². The van der Waals surface area contributed by atoms with Gasteiger partial charge in [-0.1, -0.05) is 30.3 Å². The van der Waals surface area contributed by atoms with Gasteiger partial charge < -0.3 is 14.0 Å². The standard InChI is InChI=1S/C19H25N3O2/c1-21-15-20-10-17(21)11-22-8-7-19(14-22)9-18(13-24-19)23-12-16-5-3-2-4-6-16/h2-6,10,15,18H,7-9,11-14H2,1H3. The molecule has 5 nitrogen and oxygen atoms in total. The molecule has 0 bridgehead atoms. The van der Waals surface area contributed by atoms with E-state index in [2.05, 4.69) is 38.7 Å². The van der Waals surface area contributed by atoms with Gasteiger partial charge in [0, 0.05) is 39.3 Å². The molecule has 2 aliphatic rings. The molecular weight excluding hydrogens is 302 g/mol. The largest absolute Gasteiger partial charge is 0.371 e. The third kappa shape index (κ3) is 3.38. The number of nitrogens with zero attached hydrogens (tertiary/aromatic N) is 3. The maximum Gasteiger partial charge on any atom is 0.0945 e. The van der Waals surface area contributed by atoms with Crippen molar-refractivity contribution in [1.82, 2.24) is 14.5 Å². The van der Waals surface area contributed by atoms with Gasteiger partial charge in [0.15, 0.2) is 0 Å². The van der Waals surface area contributed by atoms with Crippen molar-refractivity contribution < 1.29 is 9.47 Å². The molecule has 2 unspecified atom stereocenters. The minimum atomic E-state index is -0.0139. The van der Waals surface area contributed by atoms with E-state index in [4.69, 9.17) is 9.47 Å². The molecule has 0 radical (unpaired) electrons. The molecule has 1 spiro atoms. The van der Waals surface area contributed by atoms with Gasteiger partial charge in [0.1, 0.15) is 0 Å². The van der Waals surface area contributed by atoms with Gasteiger partial charge >= 0.3 is 0 Å². The minimum absolute atomic E-state index is 0.0139. The quantitative estimate of drug-likeness (QED) is 0.845. The Bertz CT molecular complexity index is 672. The highest BCUT2D eigenvalue weighted by Gasteiger charge is 2.45. The Balaban J connectivity index is 1.29. The number of benzene rings is 1. The summed E-state index contributed by atoms with van der Waals surface area (Å²) in [7, 11) is 2.05. The van der Waals surface area contributed by atoms with Crippen LogP contribution in [0.1, 0.15) is 24.1 Å². The van der Waals surface area contributed by atoms with Crippen molar-refractivity contribution in [2.24, 2.45) is 7.05 Å². The summed E-state index contributed by atoms with van der Waals surface area (Å²) in [5.41, 5.74) is 2.46. The average Bonchev–Trinajstić information content (AvgIpc) is 3.30. The molecule has 24 heavy (non-hydrogen) atoms. The fourth-order valence-corrected chi connectivity index (χ4v) is 3.81. The molecule has 1 aromatic heterocycles. The Morgan fingerprint density at radius 2 is 2.21 bits per heavy atom. The van der Waals surface area contributed by atoms with Crippen LogP contribution in [-0.4, -0.2) is 45.9 Å². The smallest absolute Gasteiger partial charge is 0.0945 e.